The van der Waals surface area contributed by atoms with Crippen molar-refractivity contribution in [1.29, 1.82) is 0 Å². The number of aldehydes is 1. The molecule has 1 N–H and O–H groups in total. The molecule has 0 aliphatic heterocycles. The fourth-order valence-electron chi connectivity index (χ4n) is 2.72. The number of aromatic nitrogens is 1. The molecule has 0 saturated heterocycles. The van der Waals surface area contributed by atoms with Gasteiger partial charge in [0.25, 0.3) is 0 Å². The van der Waals surface area contributed by atoms with Gasteiger partial charge in [0.15, 0.2) is 6.29 Å². The van der Waals surface area contributed by atoms with Crippen molar-refractivity contribution in [2.24, 2.45) is 0 Å². The Kier molecular flexibility index (Phi) is 5.08. The summed E-state index contributed by atoms with van der Waals surface area (Å²) >= 11 is 0. The van der Waals surface area contributed by atoms with Gasteiger partial charge >= 0.3 is 0 Å². The molecule has 3 aromatic rings. The Morgan fingerprint density at radius 3 is 2.77 bits per heavy atom. The molecule has 5 heteroatoms. The van der Waals surface area contributed by atoms with Gasteiger partial charge in [-0.15, -0.1) is 0 Å². The van der Waals surface area contributed by atoms with E-state index >= 15 is 0 Å². The maximum Gasteiger partial charge on any atom is 0.247 e. The second-order valence-electron chi connectivity index (χ2n) is 5.57. The van der Waals surface area contributed by atoms with E-state index in [0.29, 0.717) is 35.7 Å². The van der Waals surface area contributed by atoms with Crippen LogP contribution in [-0.4, -0.2) is 23.8 Å². The molecule has 0 atom stereocenters. The molecule has 26 heavy (non-hydrogen) atoms. The molecule has 0 radical (unpaired) electrons. The van der Waals surface area contributed by atoms with Crippen LogP contribution in [0, 0.1) is 0 Å². The van der Waals surface area contributed by atoms with Crippen LogP contribution in [0.4, 0.5) is 5.69 Å². The first-order chi connectivity index (χ1) is 12.7. The van der Waals surface area contributed by atoms with E-state index in [9.17, 15) is 9.59 Å². The van der Waals surface area contributed by atoms with E-state index in [2.05, 4.69) is 16.9 Å². The lowest BCUT2D eigenvalue weighted by Gasteiger charge is -2.14. The van der Waals surface area contributed by atoms with Crippen molar-refractivity contribution in [3.05, 3.63) is 66.9 Å². The SMILES string of the molecule is C=CC(=O)Nc1c(OCC)ccc2ccc(-c3cccc(C=O)n3)cc12. The van der Waals surface area contributed by atoms with Gasteiger partial charge in [0.1, 0.15) is 11.4 Å². The van der Waals surface area contributed by atoms with Crippen molar-refractivity contribution >= 4 is 28.7 Å². The molecular formula is C21H18N2O3. The normalized spacial score (nSPS) is 10.3. The van der Waals surface area contributed by atoms with E-state index in [1.165, 1.54) is 6.08 Å². The van der Waals surface area contributed by atoms with Crippen molar-refractivity contribution in [1.82, 2.24) is 4.98 Å². The molecule has 0 spiro atoms. The molecule has 1 heterocycles. The summed E-state index contributed by atoms with van der Waals surface area (Å²) in [6, 6.07) is 14.8. The van der Waals surface area contributed by atoms with E-state index in [1.807, 2.05) is 43.3 Å². The third-order valence-corrected chi connectivity index (χ3v) is 3.90. The average molecular weight is 346 g/mol. The molecule has 0 aliphatic rings. The molecule has 0 unspecified atom stereocenters. The van der Waals surface area contributed by atoms with Gasteiger partial charge in [0.2, 0.25) is 5.91 Å². The van der Waals surface area contributed by atoms with Gasteiger partial charge in [0.05, 0.1) is 18.0 Å². The van der Waals surface area contributed by atoms with Crippen molar-refractivity contribution in [2.75, 3.05) is 11.9 Å². The minimum atomic E-state index is -0.315. The first kappa shape index (κ1) is 17.4. The zero-order valence-electron chi connectivity index (χ0n) is 14.4. The van der Waals surface area contributed by atoms with Crippen LogP contribution in [0.3, 0.4) is 0 Å². The zero-order chi connectivity index (χ0) is 18.5. The standard InChI is InChI=1S/C21H18N2O3/c1-3-20(25)23-21-17-12-15(18-7-5-6-16(13-24)22-18)9-8-14(17)10-11-19(21)26-4-2/h3,5-13H,1,4H2,2H3,(H,23,25). The lowest BCUT2D eigenvalue weighted by molar-refractivity contribution is -0.111. The second-order valence-corrected chi connectivity index (χ2v) is 5.57. The number of benzene rings is 2. The van der Waals surface area contributed by atoms with Crippen molar-refractivity contribution < 1.29 is 14.3 Å². The summed E-state index contributed by atoms with van der Waals surface area (Å²) in [7, 11) is 0. The number of carbonyl (C=O) groups excluding carboxylic acids is 2. The van der Waals surface area contributed by atoms with Crippen molar-refractivity contribution in [3.63, 3.8) is 0 Å². The number of fused-ring (bicyclic) bond motifs is 1. The first-order valence-corrected chi connectivity index (χ1v) is 8.22. The lowest BCUT2D eigenvalue weighted by atomic mass is 10.0. The van der Waals surface area contributed by atoms with Gasteiger partial charge in [0, 0.05) is 10.9 Å². The number of nitrogens with one attached hydrogen (secondary N) is 1. The monoisotopic (exact) mass is 346 g/mol. The van der Waals surface area contributed by atoms with Crippen molar-refractivity contribution in [3.8, 4) is 17.0 Å². The Morgan fingerprint density at radius 1 is 1.23 bits per heavy atom. The molecule has 130 valence electrons. The molecule has 3 rings (SSSR count). The number of rotatable bonds is 6. The fraction of sp³-hybridized carbons (Fsp3) is 0.0952. The summed E-state index contributed by atoms with van der Waals surface area (Å²) in [5.74, 6) is 0.270. The van der Waals surface area contributed by atoms with Gasteiger partial charge in [-0.2, -0.15) is 0 Å². The Morgan fingerprint density at radius 2 is 2.04 bits per heavy atom. The van der Waals surface area contributed by atoms with Gasteiger partial charge in [-0.25, -0.2) is 4.98 Å². The summed E-state index contributed by atoms with van der Waals surface area (Å²) in [5.41, 5.74) is 2.47. The molecule has 0 aliphatic carbocycles. The molecule has 1 aromatic heterocycles. The molecular weight excluding hydrogens is 328 g/mol. The third kappa shape index (κ3) is 3.47. The maximum atomic E-state index is 11.9. The van der Waals surface area contributed by atoms with Crippen LogP contribution in [0.15, 0.2) is 61.2 Å². The molecule has 0 bridgehead atoms. The van der Waals surface area contributed by atoms with Crippen LogP contribution in [0.5, 0.6) is 5.75 Å². The Hall–Kier alpha value is -3.47. The van der Waals surface area contributed by atoms with Crippen LogP contribution in [0.1, 0.15) is 17.4 Å². The number of anilines is 1. The number of nitrogens with zero attached hydrogens (tertiary/aromatic N) is 1. The molecule has 2 aromatic carbocycles. The molecule has 0 saturated carbocycles. The maximum absolute atomic E-state index is 11.9. The van der Waals surface area contributed by atoms with Gasteiger partial charge in [-0.1, -0.05) is 30.8 Å². The van der Waals surface area contributed by atoms with Gasteiger partial charge in [-0.05, 0) is 42.7 Å². The summed E-state index contributed by atoms with van der Waals surface area (Å²) in [6.07, 6.45) is 1.93. The fourth-order valence-corrected chi connectivity index (χ4v) is 2.72. The van der Waals surface area contributed by atoms with Crippen LogP contribution >= 0.6 is 0 Å². The first-order valence-electron chi connectivity index (χ1n) is 8.22. The molecule has 5 nitrogen and oxygen atoms in total. The van der Waals surface area contributed by atoms with Crippen molar-refractivity contribution in [2.45, 2.75) is 6.92 Å². The smallest absolute Gasteiger partial charge is 0.247 e. The largest absolute Gasteiger partial charge is 0.492 e. The number of hydrogen-bond acceptors (Lipinski definition) is 4. The highest BCUT2D eigenvalue weighted by Gasteiger charge is 2.12. The Balaban J connectivity index is 2.19. The van der Waals surface area contributed by atoms with Crippen LogP contribution in [0.2, 0.25) is 0 Å². The van der Waals surface area contributed by atoms with Gasteiger partial charge < -0.3 is 10.1 Å². The highest BCUT2D eigenvalue weighted by Crippen LogP contribution is 2.35. The van der Waals surface area contributed by atoms with E-state index in [-0.39, 0.29) is 5.91 Å². The van der Waals surface area contributed by atoms with E-state index in [0.717, 1.165) is 16.3 Å². The third-order valence-electron chi connectivity index (χ3n) is 3.90. The average Bonchev–Trinajstić information content (AvgIpc) is 2.69. The number of ether oxygens (including phenoxy) is 1. The topological polar surface area (TPSA) is 68.3 Å². The van der Waals surface area contributed by atoms with E-state index in [4.69, 9.17) is 4.74 Å². The summed E-state index contributed by atoms with van der Waals surface area (Å²) in [5, 5.41) is 4.60. The zero-order valence-corrected chi connectivity index (χ0v) is 14.4. The molecule has 0 fully saturated rings. The second kappa shape index (κ2) is 7.61. The summed E-state index contributed by atoms with van der Waals surface area (Å²) in [4.78, 5) is 27.2. The predicted molar refractivity (Wildman–Crippen MR) is 103 cm³/mol. The Labute approximate surface area is 151 Å². The van der Waals surface area contributed by atoms with Crippen LogP contribution in [0.25, 0.3) is 22.0 Å². The molecule has 1 amide bonds. The summed E-state index contributed by atoms with van der Waals surface area (Å²) in [6.45, 7) is 5.86. The Bertz CT molecular complexity index is 996. The minimum Gasteiger partial charge on any atom is -0.492 e. The number of pyridine rings is 1. The number of amides is 1. The quantitative estimate of drug-likeness (QED) is 0.535. The van der Waals surface area contributed by atoms with Crippen LogP contribution in [-0.2, 0) is 4.79 Å². The van der Waals surface area contributed by atoms with Crippen LogP contribution < -0.4 is 10.1 Å². The predicted octanol–water partition coefficient (Wildman–Crippen LogP) is 4.24. The highest BCUT2D eigenvalue weighted by atomic mass is 16.5. The van der Waals surface area contributed by atoms with E-state index in [1.54, 1.807) is 12.1 Å². The van der Waals surface area contributed by atoms with Gasteiger partial charge in [-0.3, -0.25) is 9.59 Å². The number of carbonyl (C=O) groups is 2. The number of hydrogen-bond donors (Lipinski definition) is 1. The van der Waals surface area contributed by atoms with E-state index < -0.39 is 0 Å². The lowest BCUT2D eigenvalue weighted by Crippen LogP contribution is -2.09. The highest BCUT2D eigenvalue weighted by molar-refractivity contribution is 6.08. The minimum absolute atomic E-state index is 0.315. The summed E-state index contributed by atoms with van der Waals surface area (Å²) < 4.78 is 5.66.